The lowest BCUT2D eigenvalue weighted by molar-refractivity contribution is 0.476. The summed E-state index contributed by atoms with van der Waals surface area (Å²) in [6.45, 7) is 13.2. The van der Waals surface area contributed by atoms with Crippen LogP contribution in [-0.2, 0) is 0 Å². The van der Waals surface area contributed by atoms with Crippen molar-refractivity contribution in [2.24, 2.45) is 0 Å². The van der Waals surface area contributed by atoms with Gasteiger partial charge in [-0.25, -0.2) is 4.98 Å². The van der Waals surface area contributed by atoms with Gasteiger partial charge in [-0.05, 0) is 36.7 Å². The Labute approximate surface area is 93.8 Å². The van der Waals surface area contributed by atoms with E-state index in [0.717, 1.165) is 11.4 Å². The van der Waals surface area contributed by atoms with Crippen molar-refractivity contribution >= 4 is 8.32 Å². The molecule has 0 unspecified atom stereocenters. The quantitative estimate of drug-likeness (QED) is 0.712. The monoisotopic (exact) mass is 223 g/mol. The molecule has 1 aromatic rings. The molecular formula is C12H21NOSi. The zero-order chi connectivity index (χ0) is 11.7. The minimum Gasteiger partial charge on any atom is -0.531 e. The third kappa shape index (κ3) is 3.06. The number of hydrogen-bond donors (Lipinski definition) is 0. The highest BCUT2D eigenvalue weighted by molar-refractivity contribution is 6.74. The summed E-state index contributed by atoms with van der Waals surface area (Å²) < 4.78 is 6.05. The number of aryl methyl sites for hydroxylation is 1. The van der Waals surface area contributed by atoms with E-state index in [-0.39, 0.29) is 5.04 Å². The number of nitrogens with zero attached hydrogens (tertiary/aromatic N) is 1. The van der Waals surface area contributed by atoms with Gasteiger partial charge in [0.25, 0.3) is 8.32 Å². The van der Waals surface area contributed by atoms with E-state index in [1.165, 1.54) is 0 Å². The van der Waals surface area contributed by atoms with Crippen LogP contribution in [0.15, 0.2) is 18.3 Å². The minimum atomic E-state index is -1.73. The molecule has 2 nitrogen and oxygen atoms in total. The molecule has 0 aromatic carbocycles. The van der Waals surface area contributed by atoms with Crippen molar-refractivity contribution in [3.05, 3.63) is 23.9 Å². The van der Waals surface area contributed by atoms with E-state index < -0.39 is 8.32 Å². The van der Waals surface area contributed by atoms with Crippen molar-refractivity contribution in [2.75, 3.05) is 0 Å². The predicted octanol–water partition coefficient (Wildman–Crippen LogP) is 3.77. The summed E-state index contributed by atoms with van der Waals surface area (Å²) in [4.78, 5) is 4.29. The molecule has 0 aliphatic rings. The van der Waals surface area contributed by atoms with Gasteiger partial charge in [0.1, 0.15) is 0 Å². The van der Waals surface area contributed by atoms with Gasteiger partial charge in [0, 0.05) is 6.20 Å². The first kappa shape index (κ1) is 12.2. The first-order valence-electron chi connectivity index (χ1n) is 5.34. The molecule has 84 valence electrons. The van der Waals surface area contributed by atoms with Crippen molar-refractivity contribution < 1.29 is 4.43 Å². The second-order valence-electron chi connectivity index (χ2n) is 5.54. The van der Waals surface area contributed by atoms with Crippen LogP contribution in [0.3, 0.4) is 0 Å². The number of rotatable bonds is 2. The second kappa shape index (κ2) is 3.97. The molecule has 0 aliphatic heterocycles. The van der Waals surface area contributed by atoms with Crippen LogP contribution < -0.4 is 4.43 Å². The molecule has 0 fully saturated rings. The van der Waals surface area contributed by atoms with Gasteiger partial charge in [-0.15, -0.1) is 0 Å². The van der Waals surface area contributed by atoms with E-state index in [0.29, 0.717) is 0 Å². The maximum atomic E-state index is 6.05. The second-order valence-corrected chi connectivity index (χ2v) is 10.3. The number of pyridine rings is 1. The normalized spacial score (nSPS) is 12.7. The van der Waals surface area contributed by atoms with Crippen molar-refractivity contribution in [3.8, 4) is 5.88 Å². The average Bonchev–Trinajstić information content (AvgIpc) is 2.06. The molecule has 1 heterocycles. The summed E-state index contributed by atoms with van der Waals surface area (Å²) in [6.07, 6.45) is 1.85. The fourth-order valence-electron chi connectivity index (χ4n) is 0.929. The summed E-state index contributed by atoms with van der Waals surface area (Å²) in [7, 11) is -1.73. The van der Waals surface area contributed by atoms with E-state index in [2.05, 4.69) is 38.8 Å². The maximum Gasteiger partial charge on any atom is 0.252 e. The molecular weight excluding hydrogens is 202 g/mol. The molecule has 0 amide bonds. The van der Waals surface area contributed by atoms with E-state index >= 15 is 0 Å². The third-order valence-corrected chi connectivity index (χ3v) is 7.38. The zero-order valence-corrected chi connectivity index (χ0v) is 11.6. The van der Waals surface area contributed by atoms with Gasteiger partial charge in [0.05, 0.1) is 0 Å². The summed E-state index contributed by atoms with van der Waals surface area (Å²) in [6, 6.07) is 3.99. The Morgan fingerprint density at radius 1 is 1.20 bits per heavy atom. The molecule has 0 radical (unpaired) electrons. The molecule has 0 saturated heterocycles. The standard InChI is InChI=1S/C12H21NOSi/c1-10-7-8-11(13-9-10)14-15(5,6)12(2,3)4/h7-9H,1-6H3. The van der Waals surface area contributed by atoms with Crippen LogP contribution in [-0.4, -0.2) is 13.3 Å². The molecule has 1 aromatic heterocycles. The van der Waals surface area contributed by atoms with Crippen molar-refractivity contribution in [3.63, 3.8) is 0 Å². The average molecular weight is 223 g/mol. The Balaban J connectivity index is 2.82. The van der Waals surface area contributed by atoms with Crippen molar-refractivity contribution in [1.29, 1.82) is 0 Å². The highest BCUT2D eigenvalue weighted by Gasteiger charge is 2.39. The van der Waals surface area contributed by atoms with Crippen LogP contribution in [0, 0.1) is 6.92 Å². The Morgan fingerprint density at radius 3 is 2.20 bits per heavy atom. The fraction of sp³-hybridized carbons (Fsp3) is 0.583. The van der Waals surface area contributed by atoms with Gasteiger partial charge >= 0.3 is 0 Å². The van der Waals surface area contributed by atoms with Crippen LogP contribution in [0.5, 0.6) is 5.88 Å². The lowest BCUT2D eigenvalue weighted by Gasteiger charge is -2.35. The van der Waals surface area contributed by atoms with Gasteiger partial charge < -0.3 is 4.43 Å². The first-order valence-corrected chi connectivity index (χ1v) is 8.25. The predicted molar refractivity (Wildman–Crippen MR) is 66.8 cm³/mol. The van der Waals surface area contributed by atoms with Crippen LogP contribution >= 0.6 is 0 Å². The first-order chi connectivity index (χ1) is 6.72. The Kier molecular flexibility index (Phi) is 3.24. The van der Waals surface area contributed by atoms with Gasteiger partial charge in [-0.3, -0.25) is 0 Å². The van der Waals surface area contributed by atoms with E-state index in [9.17, 15) is 0 Å². The lowest BCUT2D eigenvalue weighted by atomic mass is 10.2. The summed E-state index contributed by atoms with van der Waals surface area (Å²) in [5.74, 6) is 0.757. The zero-order valence-electron chi connectivity index (χ0n) is 10.6. The molecule has 0 atom stereocenters. The van der Waals surface area contributed by atoms with E-state index in [1.807, 2.05) is 25.3 Å². The number of aromatic nitrogens is 1. The van der Waals surface area contributed by atoms with Crippen LogP contribution in [0.2, 0.25) is 18.1 Å². The molecule has 0 aliphatic carbocycles. The molecule has 3 heteroatoms. The minimum absolute atomic E-state index is 0.222. The largest absolute Gasteiger partial charge is 0.531 e. The van der Waals surface area contributed by atoms with Gasteiger partial charge in [-0.2, -0.15) is 0 Å². The molecule has 0 saturated carbocycles. The lowest BCUT2D eigenvalue weighted by Crippen LogP contribution is -2.44. The smallest absolute Gasteiger partial charge is 0.252 e. The number of hydrogen-bond acceptors (Lipinski definition) is 2. The van der Waals surface area contributed by atoms with Crippen molar-refractivity contribution in [1.82, 2.24) is 4.98 Å². The van der Waals surface area contributed by atoms with E-state index in [4.69, 9.17) is 4.43 Å². The summed E-state index contributed by atoms with van der Waals surface area (Å²) >= 11 is 0. The maximum absolute atomic E-state index is 6.05. The SMILES string of the molecule is Cc1ccc(O[Si](C)(C)C(C)(C)C)nc1. The van der Waals surface area contributed by atoms with Crippen LogP contribution in [0.25, 0.3) is 0 Å². The Hall–Kier alpha value is -0.833. The Bertz CT molecular complexity index is 324. The summed E-state index contributed by atoms with van der Waals surface area (Å²) in [5.41, 5.74) is 1.16. The van der Waals surface area contributed by atoms with Gasteiger partial charge in [0.2, 0.25) is 0 Å². The highest BCUT2D eigenvalue weighted by atomic mass is 28.4. The topological polar surface area (TPSA) is 22.1 Å². The van der Waals surface area contributed by atoms with Crippen molar-refractivity contribution in [2.45, 2.75) is 45.8 Å². The van der Waals surface area contributed by atoms with Gasteiger partial charge in [-0.1, -0.05) is 26.8 Å². The van der Waals surface area contributed by atoms with Crippen LogP contribution in [0.1, 0.15) is 26.3 Å². The highest BCUT2D eigenvalue weighted by Crippen LogP contribution is 2.36. The fourth-order valence-corrected chi connectivity index (χ4v) is 1.88. The summed E-state index contributed by atoms with van der Waals surface area (Å²) in [5, 5.41) is 0.222. The molecule has 1 rings (SSSR count). The molecule has 15 heavy (non-hydrogen) atoms. The third-order valence-electron chi connectivity index (χ3n) is 3.05. The van der Waals surface area contributed by atoms with Gasteiger partial charge in [0.15, 0.2) is 5.88 Å². The van der Waals surface area contributed by atoms with Crippen LogP contribution in [0.4, 0.5) is 0 Å². The Morgan fingerprint density at radius 2 is 1.80 bits per heavy atom. The molecule has 0 N–H and O–H groups in total. The molecule has 0 spiro atoms. The van der Waals surface area contributed by atoms with E-state index in [1.54, 1.807) is 0 Å². The molecule has 0 bridgehead atoms.